The number of aromatic nitrogens is 2. The van der Waals surface area contributed by atoms with Gasteiger partial charge < -0.3 is 10.0 Å². The molecule has 5 nitrogen and oxygen atoms in total. The highest BCUT2D eigenvalue weighted by molar-refractivity contribution is 6.01. The average Bonchev–Trinajstić information content (AvgIpc) is 2.81. The molecule has 1 aromatic carbocycles. The number of alkyl halides is 2. The Kier molecular flexibility index (Phi) is 2.84. The molecule has 0 spiro atoms. The zero-order valence-electron chi connectivity index (χ0n) is 10.6. The first-order valence-electron chi connectivity index (χ1n) is 6.30. The monoisotopic (exact) mass is 281 g/mol. The van der Waals surface area contributed by atoms with Gasteiger partial charge in [0.05, 0.1) is 5.52 Å². The van der Waals surface area contributed by atoms with Crippen LogP contribution >= 0.6 is 0 Å². The fourth-order valence-corrected chi connectivity index (χ4v) is 2.46. The molecule has 0 saturated carbocycles. The lowest BCUT2D eigenvalue weighted by Gasteiger charge is -2.33. The molecule has 1 saturated heterocycles. The largest absolute Gasteiger partial charge is 0.476 e. The Labute approximate surface area is 113 Å². The van der Waals surface area contributed by atoms with Gasteiger partial charge in [-0.2, -0.15) is 5.10 Å². The molecule has 0 aliphatic carbocycles. The molecule has 0 bridgehead atoms. The lowest BCUT2D eigenvalue weighted by atomic mass is 10.1. The van der Waals surface area contributed by atoms with E-state index in [-0.39, 0.29) is 18.5 Å². The number of rotatable bonds is 2. The molecule has 2 N–H and O–H groups in total. The van der Waals surface area contributed by atoms with E-state index < -0.39 is 11.9 Å². The van der Waals surface area contributed by atoms with E-state index in [0.29, 0.717) is 24.0 Å². The first-order chi connectivity index (χ1) is 9.46. The number of aromatic carboxylic acids is 1. The molecule has 1 aliphatic heterocycles. The second-order valence-electron chi connectivity index (χ2n) is 4.95. The molecule has 20 heavy (non-hydrogen) atoms. The molecule has 0 amide bonds. The molecule has 2 aromatic rings. The third-order valence-electron chi connectivity index (χ3n) is 3.61. The Bertz CT molecular complexity index is 659. The Balaban J connectivity index is 1.89. The number of hydrogen-bond donors (Lipinski definition) is 2. The molecule has 1 fully saturated rings. The highest BCUT2D eigenvalue weighted by Gasteiger charge is 2.34. The van der Waals surface area contributed by atoms with Crippen LogP contribution in [-0.2, 0) is 0 Å². The maximum absolute atomic E-state index is 13.1. The molecule has 1 aliphatic rings. The summed E-state index contributed by atoms with van der Waals surface area (Å²) >= 11 is 0. The summed E-state index contributed by atoms with van der Waals surface area (Å²) in [7, 11) is 0. The highest BCUT2D eigenvalue weighted by Crippen LogP contribution is 2.31. The van der Waals surface area contributed by atoms with Gasteiger partial charge in [0.25, 0.3) is 5.92 Å². The topological polar surface area (TPSA) is 69.2 Å². The van der Waals surface area contributed by atoms with Crippen molar-refractivity contribution in [2.75, 3.05) is 18.0 Å². The van der Waals surface area contributed by atoms with Crippen molar-refractivity contribution >= 4 is 22.6 Å². The second-order valence-corrected chi connectivity index (χ2v) is 4.95. The van der Waals surface area contributed by atoms with Crippen LogP contribution in [0, 0.1) is 0 Å². The van der Waals surface area contributed by atoms with Crippen LogP contribution in [0.4, 0.5) is 14.5 Å². The Hall–Kier alpha value is -2.18. The number of carbonyl (C=O) groups is 1. The quantitative estimate of drug-likeness (QED) is 0.887. The van der Waals surface area contributed by atoms with E-state index >= 15 is 0 Å². The number of nitrogens with zero attached hydrogens (tertiary/aromatic N) is 2. The maximum atomic E-state index is 13.1. The Morgan fingerprint density at radius 3 is 2.70 bits per heavy atom. The van der Waals surface area contributed by atoms with Crippen LogP contribution in [0.15, 0.2) is 18.2 Å². The van der Waals surface area contributed by atoms with Gasteiger partial charge in [-0.15, -0.1) is 0 Å². The molecule has 0 atom stereocenters. The van der Waals surface area contributed by atoms with Crippen LogP contribution in [-0.4, -0.2) is 40.3 Å². The molecular weight excluding hydrogens is 268 g/mol. The van der Waals surface area contributed by atoms with Crippen LogP contribution in [0.2, 0.25) is 0 Å². The van der Waals surface area contributed by atoms with Gasteiger partial charge in [0, 0.05) is 37.0 Å². The van der Waals surface area contributed by atoms with E-state index in [9.17, 15) is 13.6 Å². The number of aromatic amines is 1. The summed E-state index contributed by atoms with van der Waals surface area (Å²) in [6.45, 7) is 0.580. The standard InChI is InChI=1S/C13H13F2N3O2/c14-13(15)3-5-18(6-4-13)8-1-2-9-10(7-8)16-17-11(9)12(19)20/h1-2,7H,3-6H2,(H,16,17)(H,19,20). The van der Waals surface area contributed by atoms with Crippen molar-refractivity contribution in [3.63, 3.8) is 0 Å². The van der Waals surface area contributed by atoms with Crippen molar-refractivity contribution in [1.29, 1.82) is 0 Å². The van der Waals surface area contributed by atoms with Crippen molar-refractivity contribution in [2.24, 2.45) is 0 Å². The van der Waals surface area contributed by atoms with E-state index in [1.54, 1.807) is 18.2 Å². The smallest absolute Gasteiger partial charge is 0.357 e. The molecule has 7 heteroatoms. The summed E-state index contributed by atoms with van der Waals surface area (Å²) in [6, 6.07) is 5.15. The van der Waals surface area contributed by atoms with E-state index in [4.69, 9.17) is 5.11 Å². The van der Waals surface area contributed by atoms with Crippen molar-refractivity contribution in [3.8, 4) is 0 Å². The first kappa shape index (κ1) is 12.8. The van der Waals surface area contributed by atoms with E-state index in [1.807, 2.05) is 4.90 Å². The zero-order valence-corrected chi connectivity index (χ0v) is 10.6. The lowest BCUT2D eigenvalue weighted by molar-refractivity contribution is -0.0220. The number of halogens is 2. The van der Waals surface area contributed by atoms with Gasteiger partial charge in [-0.25, -0.2) is 13.6 Å². The van der Waals surface area contributed by atoms with Gasteiger partial charge >= 0.3 is 5.97 Å². The fraction of sp³-hybridized carbons (Fsp3) is 0.385. The second kappa shape index (κ2) is 4.43. The molecule has 106 valence electrons. The predicted octanol–water partition coefficient (Wildman–Crippen LogP) is 2.50. The average molecular weight is 281 g/mol. The SMILES string of the molecule is O=C(O)c1n[nH]c2cc(N3CCC(F)(F)CC3)ccc12. The van der Waals surface area contributed by atoms with Gasteiger partial charge in [0.1, 0.15) is 0 Å². The van der Waals surface area contributed by atoms with E-state index in [2.05, 4.69) is 10.2 Å². The molecule has 3 rings (SSSR count). The van der Waals surface area contributed by atoms with Gasteiger partial charge in [-0.1, -0.05) is 0 Å². The number of nitrogens with one attached hydrogen (secondary N) is 1. The number of fused-ring (bicyclic) bond motifs is 1. The summed E-state index contributed by atoms with van der Waals surface area (Å²) < 4.78 is 26.3. The summed E-state index contributed by atoms with van der Waals surface area (Å²) in [5.74, 6) is -3.67. The Morgan fingerprint density at radius 2 is 2.05 bits per heavy atom. The van der Waals surface area contributed by atoms with Crippen LogP contribution in [0.3, 0.4) is 0 Å². The normalized spacial score (nSPS) is 18.4. The van der Waals surface area contributed by atoms with Gasteiger partial charge in [0.2, 0.25) is 0 Å². The van der Waals surface area contributed by atoms with Crippen molar-refractivity contribution in [2.45, 2.75) is 18.8 Å². The molecular formula is C13H13F2N3O2. The van der Waals surface area contributed by atoms with Crippen molar-refractivity contribution in [1.82, 2.24) is 10.2 Å². The van der Waals surface area contributed by atoms with E-state index in [1.165, 1.54) is 0 Å². The number of carboxylic acid groups (broad SMARTS) is 1. The predicted molar refractivity (Wildman–Crippen MR) is 69.4 cm³/mol. The number of piperidine rings is 1. The van der Waals surface area contributed by atoms with Gasteiger partial charge in [0.15, 0.2) is 5.69 Å². The molecule has 2 heterocycles. The number of carboxylic acids is 1. The minimum Gasteiger partial charge on any atom is -0.476 e. The van der Waals surface area contributed by atoms with Gasteiger partial charge in [-0.05, 0) is 18.2 Å². The number of hydrogen-bond acceptors (Lipinski definition) is 3. The van der Waals surface area contributed by atoms with Crippen LogP contribution in [0.5, 0.6) is 0 Å². The minimum absolute atomic E-state index is 0.0308. The number of anilines is 1. The third-order valence-corrected chi connectivity index (χ3v) is 3.61. The fourth-order valence-electron chi connectivity index (χ4n) is 2.46. The lowest BCUT2D eigenvalue weighted by Crippen LogP contribution is -2.39. The van der Waals surface area contributed by atoms with Crippen LogP contribution in [0.1, 0.15) is 23.3 Å². The highest BCUT2D eigenvalue weighted by atomic mass is 19.3. The summed E-state index contributed by atoms with van der Waals surface area (Å²) in [5.41, 5.74) is 1.36. The molecule has 1 aromatic heterocycles. The molecule has 0 radical (unpaired) electrons. The zero-order chi connectivity index (χ0) is 14.3. The molecule has 0 unspecified atom stereocenters. The van der Waals surface area contributed by atoms with Crippen LogP contribution < -0.4 is 4.90 Å². The van der Waals surface area contributed by atoms with Crippen LogP contribution in [0.25, 0.3) is 10.9 Å². The third kappa shape index (κ3) is 2.19. The summed E-state index contributed by atoms with van der Waals surface area (Å²) in [5, 5.41) is 15.9. The summed E-state index contributed by atoms with van der Waals surface area (Å²) in [6.07, 6.45) is -0.317. The number of benzene rings is 1. The first-order valence-corrected chi connectivity index (χ1v) is 6.30. The van der Waals surface area contributed by atoms with Crippen molar-refractivity contribution in [3.05, 3.63) is 23.9 Å². The van der Waals surface area contributed by atoms with Crippen molar-refractivity contribution < 1.29 is 18.7 Å². The van der Waals surface area contributed by atoms with E-state index in [0.717, 1.165) is 5.69 Å². The Morgan fingerprint density at radius 1 is 1.35 bits per heavy atom. The maximum Gasteiger partial charge on any atom is 0.357 e. The minimum atomic E-state index is -2.58. The summed E-state index contributed by atoms with van der Waals surface area (Å²) in [4.78, 5) is 12.8. The number of H-pyrrole nitrogens is 1. The van der Waals surface area contributed by atoms with Gasteiger partial charge in [-0.3, -0.25) is 5.10 Å².